The van der Waals surface area contributed by atoms with E-state index in [9.17, 15) is 4.39 Å². The van der Waals surface area contributed by atoms with Crippen molar-refractivity contribution in [3.8, 4) is 0 Å². The fraction of sp³-hybridized carbons (Fsp3) is 0.308. The molecule has 0 aliphatic carbocycles. The third-order valence-corrected chi connectivity index (χ3v) is 3.21. The maximum Gasteiger partial charge on any atom is 0.123 e. The molecule has 17 heavy (non-hydrogen) atoms. The minimum absolute atomic E-state index is 0.0897. The Hall–Kier alpha value is -1.35. The van der Waals surface area contributed by atoms with Crippen LogP contribution in [0.5, 0.6) is 0 Å². The Morgan fingerprint density at radius 1 is 1.47 bits per heavy atom. The second kappa shape index (κ2) is 4.88. The fourth-order valence-electron chi connectivity index (χ4n) is 2.04. The highest BCUT2D eigenvalue weighted by Crippen LogP contribution is 2.32. The molecule has 2 rings (SSSR count). The zero-order valence-corrected chi connectivity index (χ0v) is 10.6. The Balaban J connectivity index is 2.45. The van der Waals surface area contributed by atoms with E-state index in [-0.39, 0.29) is 11.7 Å². The van der Waals surface area contributed by atoms with Gasteiger partial charge in [-0.05, 0) is 35.7 Å². The Morgan fingerprint density at radius 3 is 2.82 bits per heavy atom. The molecule has 2 nitrogen and oxygen atoms in total. The lowest BCUT2D eigenvalue weighted by Gasteiger charge is -2.15. The predicted octanol–water partition coefficient (Wildman–Crippen LogP) is 3.75. The SMILES string of the molecule is CC[C@H](c1cnn(C)c1)c1cc(F)ccc1Cl. The van der Waals surface area contributed by atoms with E-state index in [1.54, 1.807) is 16.9 Å². The third-order valence-electron chi connectivity index (χ3n) is 2.87. The maximum absolute atomic E-state index is 13.3. The van der Waals surface area contributed by atoms with Crippen molar-refractivity contribution in [2.24, 2.45) is 7.05 Å². The molecule has 0 radical (unpaired) electrons. The largest absolute Gasteiger partial charge is 0.276 e. The van der Waals surface area contributed by atoms with Crippen LogP contribution in [0.3, 0.4) is 0 Å². The van der Waals surface area contributed by atoms with Gasteiger partial charge in [-0.1, -0.05) is 18.5 Å². The maximum atomic E-state index is 13.3. The van der Waals surface area contributed by atoms with Crippen molar-refractivity contribution in [3.63, 3.8) is 0 Å². The molecular formula is C13H14ClFN2. The number of halogens is 2. The molecule has 0 saturated heterocycles. The first-order valence-electron chi connectivity index (χ1n) is 5.55. The van der Waals surface area contributed by atoms with Crippen molar-refractivity contribution in [2.75, 3.05) is 0 Å². The quantitative estimate of drug-likeness (QED) is 0.813. The van der Waals surface area contributed by atoms with Gasteiger partial charge in [0.25, 0.3) is 0 Å². The number of hydrogen-bond donors (Lipinski definition) is 0. The Bertz CT molecular complexity index is 522. The molecule has 0 saturated carbocycles. The summed E-state index contributed by atoms with van der Waals surface area (Å²) in [7, 11) is 1.86. The van der Waals surface area contributed by atoms with E-state index >= 15 is 0 Å². The van der Waals surface area contributed by atoms with Crippen molar-refractivity contribution >= 4 is 11.6 Å². The average molecular weight is 253 g/mol. The third kappa shape index (κ3) is 2.50. The first kappa shape index (κ1) is 12.1. The van der Waals surface area contributed by atoms with Crippen LogP contribution in [-0.2, 0) is 7.05 Å². The van der Waals surface area contributed by atoms with E-state index in [0.717, 1.165) is 17.5 Å². The van der Waals surface area contributed by atoms with Gasteiger partial charge in [-0.3, -0.25) is 4.68 Å². The molecular weight excluding hydrogens is 239 g/mol. The second-order valence-corrected chi connectivity index (χ2v) is 4.48. The number of rotatable bonds is 3. The molecule has 4 heteroatoms. The molecule has 0 amide bonds. The van der Waals surface area contributed by atoms with Gasteiger partial charge in [0.1, 0.15) is 5.82 Å². The van der Waals surface area contributed by atoms with Gasteiger partial charge >= 0.3 is 0 Å². The average Bonchev–Trinajstić information content (AvgIpc) is 2.71. The summed E-state index contributed by atoms with van der Waals surface area (Å²) in [5.74, 6) is -0.168. The van der Waals surface area contributed by atoms with Crippen molar-refractivity contribution in [1.82, 2.24) is 9.78 Å². The molecule has 0 aliphatic rings. The number of aryl methyl sites for hydroxylation is 1. The minimum atomic E-state index is -0.258. The summed E-state index contributed by atoms with van der Waals surface area (Å²) in [4.78, 5) is 0. The van der Waals surface area contributed by atoms with E-state index in [4.69, 9.17) is 11.6 Å². The molecule has 0 spiro atoms. The Morgan fingerprint density at radius 2 is 2.24 bits per heavy atom. The van der Waals surface area contributed by atoms with Crippen LogP contribution in [0.15, 0.2) is 30.6 Å². The lowest BCUT2D eigenvalue weighted by atomic mass is 9.91. The fourth-order valence-corrected chi connectivity index (χ4v) is 2.29. The van der Waals surface area contributed by atoms with Crippen LogP contribution in [0.2, 0.25) is 5.02 Å². The van der Waals surface area contributed by atoms with Crippen LogP contribution in [0, 0.1) is 5.82 Å². The van der Waals surface area contributed by atoms with E-state index < -0.39 is 0 Å². The van der Waals surface area contributed by atoms with Gasteiger partial charge in [0, 0.05) is 24.2 Å². The lowest BCUT2D eigenvalue weighted by molar-refractivity contribution is 0.622. The minimum Gasteiger partial charge on any atom is -0.276 e. The van der Waals surface area contributed by atoms with Crippen LogP contribution >= 0.6 is 11.6 Å². The summed E-state index contributed by atoms with van der Waals surface area (Å²) in [6.07, 6.45) is 4.60. The first-order valence-corrected chi connectivity index (χ1v) is 5.93. The number of hydrogen-bond acceptors (Lipinski definition) is 1. The van der Waals surface area contributed by atoms with Gasteiger partial charge in [-0.2, -0.15) is 5.10 Å². The zero-order chi connectivity index (χ0) is 12.4. The summed E-state index contributed by atoms with van der Waals surface area (Å²) in [5.41, 5.74) is 1.88. The van der Waals surface area contributed by atoms with Gasteiger partial charge in [0.05, 0.1) is 6.20 Å². The molecule has 2 aromatic rings. The van der Waals surface area contributed by atoms with E-state index in [1.165, 1.54) is 12.1 Å². The summed E-state index contributed by atoms with van der Waals surface area (Å²) >= 11 is 6.13. The van der Waals surface area contributed by atoms with Gasteiger partial charge in [-0.15, -0.1) is 0 Å². The van der Waals surface area contributed by atoms with Gasteiger partial charge in [0.15, 0.2) is 0 Å². The number of aromatic nitrogens is 2. The highest BCUT2D eigenvalue weighted by atomic mass is 35.5. The molecule has 90 valence electrons. The van der Waals surface area contributed by atoms with E-state index in [1.807, 2.05) is 13.2 Å². The zero-order valence-electron chi connectivity index (χ0n) is 9.82. The first-order chi connectivity index (χ1) is 8.11. The van der Waals surface area contributed by atoms with Crippen molar-refractivity contribution in [3.05, 3.63) is 52.6 Å². The number of nitrogens with zero attached hydrogens (tertiary/aromatic N) is 2. The summed E-state index contributed by atoms with van der Waals surface area (Å²) in [6.45, 7) is 2.05. The predicted molar refractivity (Wildman–Crippen MR) is 66.8 cm³/mol. The van der Waals surface area contributed by atoms with Crippen molar-refractivity contribution < 1.29 is 4.39 Å². The van der Waals surface area contributed by atoms with Crippen LogP contribution in [0.25, 0.3) is 0 Å². The van der Waals surface area contributed by atoms with Crippen LogP contribution in [0.1, 0.15) is 30.4 Å². The molecule has 0 bridgehead atoms. The molecule has 0 unspecified atom stereocenters. The monoisotopic (exact) mass is 252 g/mol. The summed E-state index contributed by atoms with van der Waals surface area (Å²) in [6, 6.07) is 4.48. The van der Waals surface area contributed by atoms with Gasteiger partial charge in [-0.25, -0.2) is 4.39 Å². The lowest BCUT2D eigenvalue weighted by Crippen LogP contribution is -2.00. The summed E-state index contributed by atoms with van der Waals surface area (Å²) < 4.78 is 15.0. The molecule has 0 fully saturated rings. The topological polar surface area (TPSA) is 17.8 Å². The van der Waals surface area contributed by atoms with Crippen molar-refractivity contribution in [1.29, 1.82) is 0 Å². The smallest absolute Gasteiger partial charge is 0.123 e. The molecule has 0 aliphatic heterocycles. The summed E-state index contributed by atoms with van der Waals surface area (Å²) in [5, 5.41) is 4.74. The molecule has 1 heterocycles. The Labute approximate surface area is 105 Å². The molecule has 1 atom stereocenters. The molecule has 1 aromatic heterocycles. The van der Waals surface area contributed by atoms with Crippen LogP contribution < -0.4 is 0 Å². The second-order valence-electron chi connectivity index (χ2n) is 4.07. The van der Waals surface area contributed by atoms with Gasteiger partial charge < -0.3 is 0 Å². The van der Waals surface area contributed by atoms with Crippen molar-refractivity contribution in [2.45, 2.75) is 19.3 Å². The van der Waals surface area contributed by atoms with Crippen LogP contribution in [0.4, 0.5) is 4.39 Å². The van der Waals surface area contributed by atoms with E-state index in [0.29, 0.717) is 5.02 Å². The van der Waals surface area contributed by atoms with E-state index in [2.05, 4.69) is 12.0 Å². The Kier molecular flexibility index (Phi) is 3.48. The highest BCUT2D eigenvalue weighted by molar-refractivity contribution is 6.31. The normalized spacial score (nSPS) is 12.7. The van der Waals surface area contributed by atoms with Crippen LogP contribution in [-0.4, -0.2) is 9.78 Å². The molecule has 1 aromatic carbocycles. The van der Waals surface area contributed by atoms with Gasteiger partial charge in [0.2, 0.25) is 0 Å². The highest BCUT2D eigenvalue weighted by Gasteiger charge is 2.17. The molecule has 0 N–H and O–H groups in total. The standard InChI is InChI=1S/C13H14ClFN2/c1-3-11(9-7-16-17(2)8-9)12-6-10(15)4-5-13(12)14/h4-8,11H,3H2,1-2H3/t11-/m1/s1. The number of benzene rings is 1.